The number of thiazole rings is 1. The Kier molecular flexibility index (Phi) is 4.63. The van der Waals surface area contributed by atoms with Gasteiger partial charge in [0.05, 0.1) is 24.2 Å². The lowest BCUT2D eigenvalue weighted by atomic mass is 10.0. The molecule has 0 fully saturated rings. The Labute approximate surface area is 165 Å². The van der Waals surface area contributed by atoms with Gasteiger partial charge in [0.25, 0.3) is 0 Å². The first-order valence-electron chi connectivity index (χ1n) is 8.57. The van der Waals surface area contributed by atoms with Gasteiger partial charge in [0.2, 0.25) is 5.78 Å². The van der Waals surface area contributed by atoms with Gasteiger partial charge < -0.3 is 9.30 Å². The maximum absolute atomic E-state index is 13.0. The van der Waals surface area contributed by atoms with Crippen molar-refractivity contribution in [2.45, 2.75) is 5.92 Å². The average molecular weight is 388 g/mol. The lowest BCUT2D eigenvalue weighted by Gasteiger charge is -2.07. The fraction of sp³-hybridized carbons (Fsp3) is 0.143. The van der Waals surface area contributed by atoms with Crippen LogP contribution < -0.4 is 4.74 Å². The third-order valence-electron chi connectivity index (χ3n) is 4.56. The van der Waals surface area contributed by atoms with Crippen LogP contribution >= 0.6 is 11.3 Å². The van der Waals surface area contributed by atoms with Crippen molar-refractivity contribution in [3.05, 3.63) is 65.4 Å². The Balaban J connectivity index is 1.66. The minimum Gasteiger partial charge on any atom is -0.497 e. The predicted molar refractivity (Wildman–Crippen MR) is 108 cm³/mol. The summed E-state index contributed by atoms with van der Waals surface area (Å²) in [5.74, 6) is -0.184. The van der Waals surface area contributed by atoms with Crippen molar-refractivity contribution >= 4 is 28.2 Å². The number of benzene rings is 2. The molecule has 1 atom stereocenters. The summed E-state index contributed by atoms with van der Waals surface area (Å²) >= 11 is 1.37. The van der Waals surface area contributed by atoms with Crippen LogP contribution in [0, 0.1) is 11.3 Å². The summed E-state index contributed by atoms with van der Waals surface area (Å²) in [4.78, 5) is 21.9. The molecule has 28 heavy (non-hydrogen) atoms. The van der Waals surface area contributed by atoms with Crippen LogP contribution in [-0.4, -0.2) is 27.4 Å². The molecule has 0 amide bonds. The number of ether oxygens (including phenoxy) is 1. The van der Waals surface area contributed by atoms with Crippen LogP contribution in [0.3, 0.4) is 0 Å². The van der Waals surface area contributed by atoms with E-state index >= 15 is 0 Å². The van der Waals surface area contributed by atoms with Crippen molar-refractivity contribution in [2.75, 3.05) is 7.11 Å². The summed E-state index contributed by atoms with van der Waals surface area (Å²) in [6.07, 6.45) is 0. The molecule has 0 bridgehead atoms. The summed E-state index contributed by atoms with van der Waals surface area (Å²) in [6, 6.07) is 17.1. The van der Waals surface area contributed by atoms with Gasteiger partial charge in [-0.2, -0.15) is 5.26 Å². The number of carbonyl (C=O) groups excluding carboxylic acids is 1. The molecular weight excluding hydrogens is 372 g/mol. The van der Waals surface area contributed by atoms with Crippen molar-refractivity contribution in [1.82, 2.24) is 14.5 Å². The van der Waals surface area contributed by atoms with Crippen molar-refractivity contribution in [2.24, 2.45) is 7.05 Å². The molecule has 1 unspecified atom stereocenters. The minimum atomic E-state index is -1.01. The number of hydrogen-bond acceptors (Lipinski definition) is 6. The molecule has 6 nitrogen and oxygen atoms in total. The number of aromatic nitrogens is 3. The molecule has 2 aromatic heterocycles. The number of nitrogens with zero attached hydrogens (tertiary/aromatic N) is 4. The van der Waals surface area contributed by atoms with Crippen LogP contribution in [-0.2, 0) is 7.05 Å². The number of aryl methyl sites for hydroxylation is 1. The average Bonchev–Trinajstić information content (AvgIpc) is 3.35. The highest BCUT2D eigenvalue weighted by atomic mass is 32.1. The molecule has 0 N–H and O–H groups in total. The second-order valence-corrected chi connectivity index (χ2v) is 7.07. The Hall–Kier alpha value is -3.50. The molecule has 4 rings (SSSR count). The minimum absolute atomic E-state index is 0.273. The standard InChI is InChI=1S/C21H16N4O2S/c1-25-18-6-4-3-5-16(18)23-20(25)15(11-22)19(26)17-12-28-21(24-17)13-7-9-14(27-2)10-8-13/h3-10,12,15H,1-2H3. The summed E-state index contributed by atoms with van der Waals surface area (Å²) in [6.45, 7) is 0. The van der Waals surface area contributed by atoms with Crippen molar-refractivity contribution in [1.29, 1.82) is 5.26 Å². The highest BCUT2D eigenvalue weighted by molar-refractivity contribution is 7.13. The SMILES string of the molecule is COc1ccc(-c2nc(C(=O)C(C#N)c3nc4ccccc4n3C)cs2)cc1. The maximum Gasteiger partial charge on any atom is 0.206 e. The Morgan fingerprint density at radius 1 is 1.18 bits per heavy atom. The molecule has 0 spiro atoms. The van der Waals surface area contributed by atoms with Gasteiger partial charge in [-0.25, -0.2) is 9.97 Å². The van der Waals surface area contributed by atoms with Crippen molar-refractivity contribution in [3.63, 3.8) is 0 Å². The first-order chi connectivity index (χ1) is 13.6. The zero-order valence-corrected chi connectivity index (χ0v) is 16.1. The van der Waals surface area contributed by atoms with Gasteiger partial charge in [-0.05, 0) is 36.4 Å². The monoisotopic (exact) mass is 388 g/mol. The molecule has 0 aliphatic heterocycles. The van der Waals surface area contributed by atoms with Gasteiger partial charge in [0, 0.05) is 18.0 Å². The molecule has 0 saturated carbocycles. The Bertz CT molecular complexity index is 1200. The molecule has 0 saturated heterocycles. The van der Waals surface area contributed by atoms with Crippen LogP contribution in [0.5, 0.6) is 5.75 Å². The zero-order valence-electron chi connectivity index (χ0n) is 15.3. The first-order valence-corrected chi connectivity index (χ1v) is 9.45. The largest absolute Gasteiger partial charge is 0.497 e. The second-order valence-electron chi connectivity index (χ2n) is 6.21. The van der Waals surface area contributed by atoms with Crippen LogP contribution in [0.15, 0.2) is 53.9 Å². The highest BCUT2D eigenvalue weighted by Crippen LogP contribution is 2.29. The summed E-state index contributed by atoms with van der Waals surface area (Å²) in [5.41, 5.74) is 2.79. The fourth-order valence-electron chi connectivity index (χ4n) is 3.06. The van der Waals surface area contributed by atoms with E-state index in [2.05, 4.69) is 16.0 Å². The number of imidazole rings is 1. The summed E-state index contributed by atoms with van der Waals surface area (Å²) in [7, 11) is 3.42. The third kappa shape index (κ3) is 3.04. The highest BCUT2D eigenvalue weighted by Gasteiger charge is 2.28. The normalized spacial score (nSPS) is 11.9. The molecule has 4 aromatic rings. The van der Waals surface area contributed by atoms with Crippen LogP contribution in [0.25, 0.3) is 21.6 Å². The molecule has 2 heterocycles. The van der Waals surface area contributed by atoms with E-state index in [0.29, 0.717) is 10.8 Å². The Morgan fingerprint density at radius 2 is 1.93 bits per heavy atom. The van der Waals surface area contributed by atoms with E-state index in [4.69, 9.17) is 4.74 Å². The summed E-state index contributed by atoms with van der Waals surface area (Å²) in [5, 5.41) is 12.1. The Morgan fingerprint density at radius 3 is 2.61 bits per heavy atom. The van der Waals surface area contributed by atoms with Crippen LogP contribution in [0.4, 0.5) is 0 Å². The van der Waals surface area contributed by atoms with Crippen LogP contribution in [0.2, 0.25) is 0 Å². The van der Waals surface area contributed by atoms with E-state index in [1.165, 1.54) is 11.3 Å². The topological polar surface area (TPSA) is 80.8 Å². The van der Waals surface area contributed by atoms with Gasteiger partial charge in [-0.1, -0.05) is 12.1 Å². The van der Waals surface area contributed by atoms with Gasteiger partial charge in [-0.15, -0.1) is 11.3 Å². The van der Waals surface area contributed by atoms with E-state index in [1.54, 1.807) is 17.1 Å². The smallest absolute Gasteiger partial charge is 0.206 e. The van der Waals surface area contributed by atoms with Gasteiger partial charge in [0.1, 0.15) is 22.3 Å². The molecule has 138 valence electrons. The molecule has 0 aliphatic carbocycles. The number of carbonyl (C=O) groups is 1. The number of hydrogen-bond donors (Lipinski definition) is 0. The number of fused-ring (bicyclic) bond motifs is 1. The number of nitriles is 1. The first kappa shape index (κ1) is 17.9. The van der Waals surface area contributed by atoms with E-state index in [-0.39, 0.29) is 11.5 Å². The molecular formula is C21H16N4O2S. The van der Waals surface area contributed by atoms with E-state index in [1.807, 2.05) is 55.6 Å². The number of ketones is 1. The number of Topliss-reactive ketones (excluding diaryl/α,β-unsaturated/α-hetero) is 1. The summed E-state index contributed by atoms with van der Waals surface area (Å²) < 4.78 is 6.95. The number of methoxy groups -OCH3 is 1. The van der Waals surface area contributed by atoms with Gasteiger partial charge in [0.15, 0.2) is 5.92 Å². The fourth-order valence-corrected chi connectivity index (χ4v) is 3.87. The van der Waals surface area contributed by atoms with Crippen molar-refractivity contribution < 1.29 is 9.53 Å². The van der Waals surface area contributed by atoms with Crippen molar-refractivity contribution in [3.8, 4) is 22.4 Å². The lowest BCUT2D eigenvalue weighted by Crippen LogP contribution is -2.16. The van der Waals surface area contributed by atoms with E-state index in [9.17, 15) is 10.1 Å². The van der Waals surface area contributed by atoms with E-state index < -0.39 is 5.92 Å². The number of rotatable bonds is 5. The number of para-hydroxylation sites is 2. The molecule has 0 aliphatic rings. The third-order valence-corrected chi connectivity index (χ3v) is 5.46. The van der Waals surface area contributed by atoms with Gasteiger partial charge in [-0.3, -0.25) is 4.79 Å². The second kappa shape index (κ2) is 7.25. The van der Waals surface area contributed by atoms with Gasteiger partial charge >= 0.3 is 0 Å². The molecule has 0 radical (unpaired) electrons. The lowest BCUT2D eigenvalue weighted by molar-refractivity contribution is 0.0971. The molecule has 7 heteroatoms. The van der Waals surface area contributed by atoms with Crippen LogP contribution in [0.1, 0.15) is 22.2 Å². The maximum atomic E-state index is 13.0. The van der Waals surface area contributed by atoms with E-state index in [0.717, 1.165) is 22.3 Å². The predicted octanol–water partition coefficient (Wildman–Crippen LogP) is 4.20. The molecule has 2 aromatic carbocycles. The zero-order chi connectivity index (χ0) is 19.7. The quantitative estimate of drug-likeness (QED) is 0.479.